The van der Waals surface area contributed by atoms with E-state index in [1.54, 1.807) is 12.1 Å². The Labute approximate surface area is 107 Å². The van der Waals surface area contributed by atoms with Gasteiger partial charge in [0.1, 0.15) is 5.82 Å². The number of hydrogen-bond acceptors (Lipinski definition) is 1. The molecule has 1 aromatic carbocycles. The third-order valence-electron chi connectivity index (χ3n) is 3.64. The van der Waals surface area contributed by atoms with Crippen molar-refractivity contribution in [1.29, 1.82) is 0 Å². The van der Waals surface area contributed by atoms with E-state index in [0.29, 0.717) is 17.0 Å². The zero-order valence-corrected chi connectivity index (χ0v) is 11.0. The molecule has 1 heterocycles. The van der Waals surface area contributed by atoms with Crippen LogP contribution in [0.4, 0.5) is 4.39 Å². The summed E-state index contributed by atoms with van der Waals surface area (Å²) >= 11 is 6.10. The van der Waals surface area contributed by atoms with Crippen LogP contribution in [-0.2, 0) is 6.42 Å². The molecule has 0 aliphatic carbocycles. The van der Waals surface area contributed by atoms with Crippen LogP contribution < -0.4 is 5.32 Å². The lowest BCUT2D eigenvalue weighted by Crippen LogP contribution is -2.42. The van der Waals surface area contributed by atoms with E-state index in [4.69, 9.17) is 11.6 Å². The molecule has 0 bridgehead atoms. The Morgan fingerprint density at radius 1 is 1.47 bits per heavy atom. The van der Waals surface area contributed by atoms with Crippen LogP contribution in [0.15, 0.2) is 18.2 Å². The normalized spacial score (nSPS) is 24.2. The quantitative estimate of drug-likeness (QED) is 0.859. The van der Waals surface area contributed by atoms with Gasteiger partial charge in [0.2, 0.25) is 0 Å². The second kappa shape index (κ2) is 5.36. The van der Waals surface area contributed by atoms with Crippen LogP contribution in [0.1, 0.15) is 38.2 Å². The summed E-state index contributed by atoms with van der Waals surface area (Å²) in [4.78, 5) is 0. The molecule has 0 aromatic heterocycles. The van der Waals surface area contributed by atoms with Crippen molar-refractivity contribution in [2.45, 2.75) is 44.6 Å². The Hall–Kier alpha value is -0.600. The molecule has 94 valence electrons. The predicted molar refractivity (Wildman–Crippen MR) is 70.0 cm³/mol. The maximum Gasteiger partial charge on any atom is 0.127 e. The number of rotatable bonds is 4. The summed E-state index contributed by atoms with van der Waals surface area (Å²) in [5, 5.41) is 4.10. The summed E-state index contributed by atoms with van der Waals surface area (Å²) in [5.41, 5.74) is 0.720. The highest BCUT2D eigenvalue weighted by molar-refractivity contribution is 6.31. The van der Waals surface area contributed by atoms with Gasteiger partial charge in [0.15, 0.2) is 0 Å². The Morgan fingerprint density at radius 2 is 2.29 bits per heavy atom. The smallest absolute Gasteiger partial charge is 0.127 e. The second-order valence-electron chi connectivity index (χ2n) is 4.94. The Morgan fingerprint density at radius 3 is 2.88 bits per heavy atom. The van der Waals surface area contributed by atoms with Crippen molar-refractivity contribution in [2.75, 3.05) is 6.54 Å². The Kier molecular flexibility index (Phi) is 4.05. The van der Waals surface area contributed by atoms with E-state index in [9.17, 15) is 4.39 Å². The molecule has 1 unspecified atom stereocenters. The molecular formula is C14H19ClFN. The molecule has 1 nitrogen and oxygen atoms in total. The van der Waals surface area contributed by atoms with Crippen LogP contribution >= 0.6 is 11.6 Å². The molecule has 1 aromatic rings. The summed E-state index contributed by atoms with van der Waals surface area (Å²) in [6.45, 7) is 3.21. The number of benzene rings is 1. The first-order chi connectivity index (χ1) is 8.17. The second-order valence-corrected chi connectivity index (χ2v) is 5.34. The van der Waals surface area contributed by atoms with Crippen LogP contribution in [-0.4, -0.2) is 12.1 Å². The summed E-state index contributed by atoms with van der Waals surface area (Å²) in [7, 11) is 0. The zero-order valence-electron chi connectivity index (χ0n) is 10.2. The van der Waals surface area contributed by atoms with Gasteiger partial charge in [0.05, 0.1) is 0 Å². The van der Waals surface area contributed by atoms with Crippen molar-refractivity contribution in [3.8, 4) is 0 Å². The Balaban J connectivity index is 2.23. The van der Waals surface area contributed by atoms with Crippen molar-refractivity contribution < 1.29 is 4.39 Å². The highest BCUT2D eigenvalue weighted by Gasteiger charge is 2.33. The van der Waals surface area contributed by atoms with Crippen LogP contribution in [0.2, 0.25) is 5.02 Å². The van der Waals surface area contributed by atoms with Crippen molar-refractivity contribution in [1.82, 2.24) is 5.32 Å². The van der Waals surface area contributed by atoms with Gasteiger partial charge in [-0.3, -0.25) is 0 Å². The van der Waals surface area contributed by atoms with E-state index in [1.165, 1.54) is 12.5 Å². The fraction of sp³-hybridized carbons (Fsp3) is 0.571. The molecule has 17 heavy (non-hydrogen) atoms. The lowest BCUT2D eigenvalue weighted by Gasteiger charge is -2.30. The molecule has 1 N–H and O–H groups in total. The third-order valence-corrected chi connectivity index (χ3v) is 3.99. The monoisotopic (exact) mass is 255 g/mol. The van der Waals surface area contributed by atoms with Crippen LogP contribution in [0.25, 0.3) is 0 Å². The van der Waals surface area contributed by atoms with Gasteiger partial charge in [-0.2, -0.15) is 0 Å². The molecule has 3 heteroatoms. The minimum atomic E-state index is -0.179. The maximum atomic E-state index is 13.8. The van der Waals surface area contributed by atoms with Crippen molar-refractivity contribution in [3.05, 3.63) is 34.6 Å². The summed E-state index contributed by atoms with van der Waals surface area (Å²) < 4.78 is 13.8. The predicted octanol–water partition coefficient (Wildman–Crippen LogP) is 3.94. The van der Waals surface area contributed by atoms with Gasteiger partial charge in [-0.25, -0.2) is 4.39 Å². The van der Waals surface area contributed by atoms with Crippen molar-refractivity contribution >= 4 is 11.6 Å². The number of halogens is 2. The van der Waals surface area contributed by atoms with Crippen LogP contribution in [0.3, 0.4) is 0 Å². The minimum absolute atomic E-state index is 0.0561. The van der Waals surface area contributed by atoms with E-state index in [2.05, 4.69) is 12.2 Å². The highest BCUT2D eigenvalue weighted by atomic mass is 35.5. The fourth-order valence-electron chi connectivity index (χ4n) is 2.84. The van der Waals surface area contributed by atoms with E-state index >= 15 is 0 Å². The topological polar surface area (TPSA) is 12.0 Å². The van der Waals surface area contributed by atoms with E-state index < -0.39 is 0 Å². The summed E-state index contributed by atoms with van der Waals surface area (Å²) in [5.74, 6) is -0.179. The van der Waals surface area contributed by atoms with Gasteiger partial charge in [-0.1, -0.05) is 31.0 Å². The summed E-state index contributed by atoms with van der Waals surface area (Å²) in [6.07, 6.45) is 5.18. The molecule has 0 radical (unpaired) electrons. The minimum Gasteiger partial charge on any atom is -0.311 e. The number of nitrogens with one attached hydrogen (secondary N) is 1. The highest BCUT2D eigenvalue weighted by Crippen LogP contribution is 2.32. The van der Waals surface area contributed by atoms with Crippen LogP contribution in [0.5, 0.6) is 0 Å². The van der Waals surface area contributed by atoms with E-state index in [0.717, 1.165) is 25.8 Å². The Bertz CT molecular complexity index is 366. The molecule has 0 spiro atoms. The van der Waals surface area contributed by atoms with E-state index in [-0.39, 0.29) is 11.4 Å². The molecule has 1 aliphatic rings. The zero-order chi connectivity index (χ0) is 12.3. The largest absolute Gasteiger partial charge is 0.311 e. The molecule has 0 saturated carbocycles. The van der Waals surface area contributed by atoms with Gasteiger partial charge < -0.3 is 5.32 Å². The molecular weight excluding hydrogens is 237 g/mol. The SMILES string of the molecule is CCCC1(Cc2c(F)cccc2Cl)CCCN1. The van der Waals surface area contributed by atoms with E-state index in [1.807, 2.05) is 0 Å². The average molecular weight is 256 g/mol. The lowest BCUT2D eigenvalue weighted by atomic mass is 9.85. The van der Waals surface area contributed by atoms with Crippen molar-refractivity contribution in [2.24, 2.45) is 0 Å². The van der Waals surface area contributed by atoms with Crippen molar-refractivity contribution in [3.63, 3.8) is 0 Å². The van der Waals surface area contributed by atoms with Gasteiger partial charge in [0, 0.05) is 16.1 Å². The van der Waals surface area contributed by atoms with Gasteiger partial charge in [-0.15, -0.1) is 0 Å². The summed E-state index contributed by atoms with van der Waals surface area (Å²) in [6, 6.07) is 4.93. The number of hydrogen-bond donors (Lipinski definition) is 1. The van der Waals surface area contributed by atoms with Crippen LogP contribution in [0, 0.1) is 5.82 Å². The lowest BCUT2D eigenvalue weighted by molar-refractivity contribution is 0.337. The molecule has 2 rings (SSSR count). The van der Waals surface area contributed by atoms with Gasteiger partial charge >= 0.3 is 0 Å². The molecule has 1 aliphatic heterocycles. The van der Waals surface area contributed by atoms with Gasteiger partial charge in [0.25, 0.3) is 0 Å². The first-order valence-electron chi connectivity index (χ1n) is 6.35. The first kappa shape index (κ1) is 12.8. The third kappa shape index (κ3) is 2.80. The standard InChI is InChI=1S/C14H19ClFN/c1-2-7-14(8-4-9-17-14)10-11-12(15)5-3-6-13(11)16/h3,5-6,17H,2,4,7-10H2,1H3. The first-order valence-corrected chi connectivity index (χ1v) is 6.72. The fourth-order valence-corrected chi connectivity index (χ4v) is 3.07. The molecule has 1 saturated heterocycles. The molecule has 1 atom stereocenters. The average Bonchev–Trinajstić information content (AvgIpc) is 2.73. The molecule has 0 amide bonds. The maximum absolute atomic E-state index is 13.8. The van der Waals surface area contributed by atoms with Gasteiger partial charge in [-0.05, 0) is 44.4 Å². The molecule has 1 fully saturated rings.